The molecule has 0 amide bonds. The minimum atomic E-state index is 0.154. The van der Waals surface area contributed by atoms with E-state index in [2.05, 4.69) is 68.1 Å². The Balaban J connectivity index is 1.80. The first-order valence-corrected chi connectivity index (χ1v) is 9.58. The maximum Gasteiger partial charge on any atom is 0.112 e. The molecule has 2 aliphatic rings. The highest BCUT2D eigenvalue weighted by molar-refractivity contribution is 6.07. The molecule has 0 unspecified atom stereocenters. The Bertz CT molecular complexity index is 738. The van der Waals surface area contributed by atoms with Gasteiger partial charge in [-0.2, -0.15) is 0 Å². The van der Waals surface area contributed by atoms with Crippen LogP contribution < -0.4 is 9.80 Å². The molecule has 0 bridgehead atoms. The van der Waals surface area contributed by atoms with Crippen LogP contribution >= 0.6 is 0 Å². The molecule has 0 saturated heterocycles. The number of rotatable bonds is 2. The molecule has 1 spiro atoms. The van der Waals surface area contributed by atoms with E-state index in [0.717, 1.165) is 5.92 Å². The fraction of sp³-hybridized carbons (Fsp3) is 0.545. The van der Waals surface area contributed by atoms with E-state index in [1.807, 2.05) is 0 Å². The molecule has 1 heterocycles. The smallest absolute Gasteiger partial charge is 0.112 e. The van der Waals surface area contributed by atoms with Gasteiger partial charge in [0.1, 0.15) is 5.66 Å². The Kier molecular flexibility index (Phi) is 3.74. The van der Waals surface area contributed by atoms with E-state index in [1.54, 1.807) is 0 Å². The van der Waals surface area contributed by atoms with Crippen molar-refractivity contribution in [1.82, 2.24) is 0 Å². The van der Waals surface area contributed by atoms with Gasteiger partial charge in [-0.05, 0) is 61.6 Å². The maximum absolute atomic E-state index is 2.59. The van der Waals surface area contributed by atoms with Crippen LogP contribution in [0.2, 0.25) is 0 Å². The first kappa shape index (κ1) is 15.8. The highest BCUT2D eigenvalue weighted by Gasteiger charge is 2.45. The molecule has 0 N–H and O–H groups in total. The molecule has 1 aliphatic carbocycles. The molecule has 1 fully saturated rings. The summed E-state index contributed by atoms with van der Waals surface area (Å²) in [4.78, 5) is 5.17. The zero-order chi connectivity index (χ0) is 16.9. The van der Waals surface area contributed by atoms with Gasteiger partial charge in [0.15, 0.2) is 0 Å². The summed E-state index contributed by atoms with van der Waals surface area (Å²) < 4.78 is 0. The number of benzene rings is 2. The molecule has 2 aromatic rings. The van der Waals surface area contributed by atoms with Crippen molar-refractivity contribution in [3.63, 3.8) is 0 Å². The van der Waals surface area contributed by atoms with Crippen molar-refractivity contribution in [2.24, 2.45) is 5.92 Å². The van der Waals surface area contributed by atoms with Gasteiger partial charge in [-0.25, -0.2) is 0 Å². The predicted octanol–water partition coefficient (Wildman–Crippen LogP) is 5.72. The van der Waals surface area contributed by atoms with Gasteiger partial charge in [0, 0.05) is 30.9 Å². The highest BCUT2D eigenvalue weighted by Crippen LogP contribution is 2.50. The van der Waals surface area contributed by atoms with Crippen LogP contribution in [0.25, 0.3) is 10.8 Å². The van der Waals surface area contributed by atoms with Crippen LogP contribution in [0.3, 0.4) is 0 Å². The number of anilines is 2. The average molecular weight is 322 g/mol. The van der Waals surface area contributed by atoms with E-state index in [-0.39, 0.29) is 5.66 Å². The zero-order valence-corrected chi connectivity index (χ0v) is 15.6. The van der Waals surface area contributed by atoms with Crippen molar-refractivity contribution in [1.29, 1.82) is 0 Å². The molecular formula is C22H30N2. The minimum Gasteiger partial charge on any atom is -0.351 e. The molecule has 0 aromatic heterocycles. The molecule has 0 radical (unpaired) electrons. The van der Waals surface area contributed by atoms with Crippen LogP contribution in [-0.4, -0.2) is 19.8 Å². The van der Waals surface area contributed by atoms with E-state index < -0.39 is 0 Å². The molecular weight excluding hydrogens is 292 g/mol. The van der Waals surface area contributed by atoms with Gasteiger partial charge in [0.05, 0.1) is 0 Å². The molecule has 2 aromatic carbocycles. The second-order valence-electron chi connectivity index (χ2n) is 7.93. The second kappa shape index (κ2) is 5.68. The summed E-state index contributed by atoms with van der Waals surface area (Å²) in [7, 11) is 4.63. The monoisotopic (exact) mass is 322 g/mol. The molecule has 128 valence electrons. The predicted molar refractivity (Wildman–Crippen MR) is 105 cm³/mol. The molecule has 1 saturated carbocycles. The first-order valence-electron chi connectivity index (χ1n) is 9.58. The molecule has 2 heteroatoms. The van der Waals surface area contributed by atoms with Crippen LogP contribution in [0.4, 0.5) is 11.4 Å². The Morgan fingerprint density at radius 2 is 1.67 bits per heavy atom. The Morgan fingerprint density at radius 3 is 2.33 bits per heavy atom. The summed E-state index contributed by atoms with van der Waals surface area (Å²) in [6.07, 6.45) is 7.99. The third kappa shape index (κ3) is 2.08. The van der Waals surface area contributed by atoms with E-state index in [4.69, 9.17) is 0 Å². The third-order valence-corrected chi connectivity index (χ3v) is 6.79. The van der Waals surface area contributed by atoms with Gasteiger partial charge in [-0.1, -0.05) is 38.0 Å². The number of nitrogens with zero attached hydrogens (tertiary/aromatic N) is 2. The SMILES string of the molecule is CCCC1CCC2(CC1)N(C)c1cccc3c(C)ccc(c13)N2C. The van der Waals surface area contributed by atoms with Gasteiger partial charge >= 0.3 is 0 Å². The largest absolute Gasteiger partial charge is 0.351 e. The molecule has 4 rings (SSSR count). The third-order valence-electron chi connectivity index (χ3n) is 6.79. The summed E-state index contributed by atoms with van der Waals surface area (Å²) in [5, 5.41) is 2.84. The number of aryl methyl sites for hydroxylation is 1. The molecule has 0 atom stereocenters. The van der Waals surface area contributed by atoms with Crippen molar-refractivity contribution in [2.75, 3.05) is 23.9 Å². The van der Waals surface area contributed by atoms with Gasteiger partial charge in [-0.15, -0.1) is 0 Å². The van der Waals surface area contributed by atoms with Crippen LogP contribution in [0.1, 0.15) is 51.0 Å². The van der Waals surface area contributed by atoms with Crippen molar-refractivity contribution in [2.45, 2.75) is 58.0 Å². The lowest BCUT2D eigenvalue weighted by Gasteiger charge is -2.56. The normalized spacial score (nSPS) is 26.4. The van der Waals surface area contributed by atoms with Crippen LogP contribution in [0.5, 0.6) is 0 Å². The van der Waals surface area contributed by atoms with Gasteiger partial charge < -0.3 is 9.80 Å². The Morgan fingerprint density at radius 1 is 1.00 bits per heavy atom. The quantitative estimate of drug-likeness (QED) is 0.697. The Hall–Kier alpha value is -1.70. The van der Waals surface area contributed by atoms with E-state index in [0.29, 0.717) is 0 Å². The van der Waals surface area contributed by atoms with Crippen LogP contribution in [0, 0.1) is 12.8 Å². The molecule has 24 heavy (non-hydrogen) atoms. The Labute approximate surface area is 146 Å². The maximum atomic E-state index is 2.59. The second-order valence-corrected chi connectivity index (χ2v) is 7.93. The number of hydrogen-bond donors (Lipinski definition) is 0. The van der Waals surface area contributed by atoms with Gasteiger partial charge in [-0.3, -0.25) is 0 Å². The fourth-order valence-electron chi connectivity index (χ4n) is 5.26. The first-order chi connectivity index (χ1) is 11.6. The highest BCUT2D eigenvalue weighted by atomic mass is 15.4. The minimum absolute atomic E-state index is 0.154. The van der Waals surface area contributed by atoms with E-state index in [1.165, 1.54) is 66.2 Å². The van der Waals surface area contributed by atoms with Crippen molar-refractivity contribution >= 4 is 22.1 Å². The lowest BCUT2D eigenvalue weighted by Crippen LogP contribution is -2.62. The average Bonchev–Trinajstić information content (AvgIpc) is 2.61. The summed E-state index contributed by atoms with van der Waals surface area (Å²) >= 11 is 0. The molecule has 1 aliphatic heterocycles. The lowest BCUT2D eigenvalue weighted by molar-refractivity contribution is 0.215. The summed E-state index contributed by atoms with van der Waals surface area (Å²) in [6, 6.07) is 11.5. The fourth-order valence-corrected chi connectivity index (χ4v) is 5.26. The van der Waals surface area contributed by atoms with Crippen molar-refractivity contribution in [3.8, 4) is 0 Å². The van der Waals surface area contributed by atoms with E-state index in [9.17, 15) is 0 Å². The summed E-state index contributed by atoms with van der Waals surface area (Å²) in [5.74, 6) is 0.928. The van der Waals surface area contributed by atoms with Gasteiger partial charge in [0.25, 0.3) is 0 Å². The summed E-state index contributed by atoms with van der Waals surface area (Å²) in [5.41, 5.74) is 4.36. The standard InChI is InChI=1S/C22H30N2/c1-5-7-17-12-14-22(15-13-17)23(3)19-9-6-8-18-16(2)10-11-20(21(18)19)24(22)4/h6,8-11,17H,5,7,12-15H2,1-4H3. The van der Waals surface area contributed by atoms with Gasteiger partial charge in [0.2, 0.25) is 0 Å². The van der Waals surface area contributed by atoms with Crippen LogP contribution in [0.15, 0.2) is 30.3 Å². The van der Waals surface area contributed by atoms with Crippen molar-refractivity contribution < 1.29 is 0 Å². The summed E-state index contributed by atoms with van der Waals surface area (Å²) in [6.45, 7) is 4.55. The topological polar surface area (TPSA) is 6.48 Å². The number of hydrogen-bond acceptors (Lipinski definition) is 2. The van der Waals surface area contributed by atoms with Crippen molar-refractivity contribution in [3.05, 3.63) is 35.9 Å². The molecule has 2 nitrogen and oxygen atoms in total. The zero-order valence-electron chi connectivity index (χ0n) is 15.6. The lowest BCUT2D eigenvalue weighted by atomic mass is 9.76. The van der Waals surface area contributed by atoms with E-state index >= 15 is 0 Å². The van der Waals surface area contributed by atoms with Crippen LogP contribution in [-0.2, 0) is 0 Å².